The molecule has 4 aromatic carbocycles. The molecule has 0 radical (unpaired) electrons. The van der Waals surface area contributed by atoms with E-state index in [1.165, 1.54) is 49.3 Å². The van der Waals surface area contributed by atoms with E-state index in [2.05, 4.69) is 10.6 Å². The van der Waals surface area contributed by atoms with E-state index in [1.807, 2.05) is 37.2 Å². The van der Waals surface area contributed by atoms with Crippen LogP contribution in [0, 0.1) is 11.8 Å². The topological polar surface area (TPSA) is 243 Å². The fourth-order valence-corrected chi connectivity index (χ4v) is 10.2. The number of nitrogens with zero attached hydrogens (tertiary/aromatic N) is 2. The standard InChI is InChI=1S/C41H41N5O10S2/c1-18-23-15-16-25(44-40(57)43-20-9-11-21(12-10-20)58(55,56)22-13-14-24-19(17-22)7-6-8-26(24)45(2)3)33(47)28(23)34(48)29-27(18)35(49)31-32(46(4)5)36(50)30(39(42)53)38(52)41(31,54)37(29)51/h6-18,27,31-32,35,47-49,52,54H,1-5H3,(H2,42,53)(H2,43,44,57). The number of Topliss-reactive ketones (excluding diaryl/α,β-unsaturated/α-hetero) is 2. The highest BCUT2D eigenvalue weighted by Crippen LogP contribution is 2.56. The molecule has 0 heterocycles. The molecule has 302 valence electrons. The van der Waals surface area contributed by atoms with Gasteiger partial charge in [0.15, 0.2) is 16.5 Å². The molecule has 15 nitrogen and oxygen atoms in total. The number of sulfone groups is 1. The van der Waals surface area contributed by atoms with Crippen LogP contribution < -0.4 is 21.3 Å². The first-order chi connectivity index (χ1) is 27.2. The quantitative estimate of drug-likeness (QED) is 0.0757. The van der Waals surface area contributed by atoms with Crippen LogP contribution in [0.3, 0.4) is 0 Å². The van der Waals surface area contributed by atoms with E-state index in [0.717, 1.165) is 16.5 Å². The first-order valence-electron chi connectivity index (χ1n) is 18.0. The highest BCUT2D eigenvalue weighted by molar-refractivity contribution is 7.91. The molecule has 7 rings (SSSR count). The number of aromatic hydroxyl groups is 1. The van der Waals surface area contributed by atoms with Crippen molar-refractivity contribution < 1.29 is 48.3 Å². The van der Waals surface area contributed by atoms with Gasteiger partial charge in [-0.1, -0.05) is 31.2 Å². The number of fused-ring (bicyclic) bond motifs is 4. The summed E-state index contributed by atoms with van der Waals surface area (Å²) < 4.78 is 27.2. The number of amides is 1. The van der Waals surface area contributed by atoms with Gasteiger partial charge in [-0.3, -0.25) is 19.3 Å². The number of likely N-dealkylation sites (N-methyl/N-ethyl adjacent to an activating group) is 1. The number of aliphatic hydroxyl groups is 4. The first kappa shape index (κ1) is 40.4. The Kier molecular flexibility index (Phi) is 9.89. The molecule has 0 spiro atoms. The van der Waals surface area contributed by atoms with Crippen LogP contribution >= 0.6 is 12.2 Å². The van der Waals surface area contributed by atoms with Crippen molar-refractivity contribution in [1.29, 1.82) is 0 Å². The highest BCUT2D eigenvalue weighted by atomic mass is 32.2. The molecule has 0 bridgehead atoms. The normalized spacial score (nSPS) is 24.3. The second-order valence-electron chi connectivity index (χ2n) is 15.1. The Labute approximate surface area is 338 Å². The zero-order valence-electron chi connectivity index (χ0n) is 31.9. The molecule has 17 heteroatoms. The van der Waals surface area contributed by atoms with Gasteiger partial charge in [0.2, 0.25) is 15.6 Å². The molecule has 3 aliphatic carbocycles. The number of nitrogens with two attached hydrogens (primary N) is 1. The van der Waals surface area contributed by atoms with Crippen molar-refractivity contribution in [3.63, 3.8) is 0 Å². The van der Waals surface area contributed by atoms with Crippen LogP contribution in [0.4, 0.5) is 17.1 Å². The number of phenols is 1. The van der Waals surface area contributed by atoms with Gasteiger partial charge in [-0.25, -0.2) is 8.42 Å². The number of carbonyl (C=O) groups excluding carboxylic acids is 3. The summed E-state index contributed by atoms with van der Waals surface area (Å²) in [5, 5.41) is 65.4. The maximum Gasteiger partial charge on any atom is 0.255 e. The fraction of sp³-hybridized carbons (Fsp3) is 0.268. The first-order valence-corrected chi connectivity index (χ1v) is 19.9. The Balaban J connectivity index is 1.16. The van der Waals surface area contributed by atoms with Gasteiger partial charge in [0, 0.05) is 42.3 Å². The minimum atomic E-state index is -3.89. The molecule has 0 aromatic heterocycles. The molecule has 9 N–H and O–H groups in total. The van der Waals surface area contributed by atoms with Gasteiger partial charge < -0.3 is 46.8 Å². The Bertz CT molecular complexity index is 2640. The second kappa shape index (κ2) is 14.2. The predicted molar refractivity (Wildman–Crippen MR) is 220 cm³/mol. The lowest BCUT2D eigenvalue weighted by molar-refractivity contribution is -0.169. The largest absolute Gasteiger partial charge is 0.508 e. The predicted octanol–water partition coefficient (Wildman–Crippen LogP) is 3.36. The number of aliphatic hydroxyl groups excluding tert-OH is 3. The maximum atomic E-state index is 14.3. The Hall–Kier alpha value is -5.85. The van der Waals surface area contributed by atoms with Crippen LogP contribution in [0.5, 0.6) is 5.75 Å². The van der Waals surface area contributed by atoms with Gasteiger partial charge in [0.05, 0.1) is 39.1 Å². The molecule has 1 amide bonds. The fourth-order valence-electron chi connectivity index (χ4n) is 8.66. The van der Waals surface area contributed by atoms with Crippen LogP contribution in [-0.4, -0.2) is 107 Å². The van der Waals surface area contributed by atoms with Crippen molar-refractivity contribution in [2.75, 3.05) is 43.7 Å². The summed E-state index contributed by atoms with van der Waals surface area (Å²) in [7, 11) is 2.80. The van der Waals surface area contributed by atoms with E-state index < -0.39 is 91.2 Å². The Morgan fingerprint density at radius 2 is 1.57 bits per heavy atom. The number of primary amides is 1. The number of benzene rings is 4. The van der Waals surface area contributed by atoms with E-state index in [-0.39, 0.29) is 26.2 Å². The lowest BCUT2D eigenvalue weighted by Gasteiger charge is -2.53. The van der Waals surface area contributed by atoms with Gasteiger partial charge in [-0.2, -0.15) is 0 Å². The van der Waals surface area contributed by atoms with Gasteiger partial charge in [0.1, 0.15) is 22.8 Å². The molecule has 6 unspecified atom stereocenters. The molecular formula is C41H41N5O10S2. The number of hydrogen-bond acceptors (Lipinski definition) is 13. The maximum absolute atomic E-state index is 14.3. The summed E-state index contributed by atoms with van der Waals surface area (Å²) in [6.07, 6.45) is -1.72. The van der Waals surface area contributed by atoms with Crippen molar-refractivity contribution >= 4 is 78.2 Å². The number of thiocarbonyl (C=S) groups is 1. The highest BCUT2D eigenvalue weighted by Gasteiger charge is 2.68. The SMILES string of the molecule is CC1c2ccc(NC(=S)Nc3ccc(S(=O)(=O)c4ccc5c(N(C)C)cccc5c4)cc3)c(O)c2C(O)=C2C(=O)C3(O)C(O)=C(C(N)=O)C(=O)C(N(C)C)C3C(O)C21. The minimum Gasteiger partial charge on any atom is -0.508 e. The molecule has 0 saturated heterocycles. The van der Waals surface area contributed by atoms with Crippen molar-refractivity contribution in [2.45, 2.75) is 40.4 Å². The van der Waals surface area contributed by atoms with E-state index in [1.54, 1.807) is 31.2 Å². The molecule has 1 fully saturated rings. The number of carbonyl (C=O) groups is 3. The van der Waals surface area contributed by atoms with Crippen molar-refractivity contribution in [3.05, 3.63) is 101 Å². The second-order valence-corrected chi connectivity index (χ2v) is 17.5. The summed E-state index contributed by atoms with van der Waals surface area (Å²) in [5.74, 6) is -10.0. The van der Waals surface area contributed by atoms with E-state index in [0.29, 0.717) is 11.3 Å². The van der Waals surface area contributed by atoms with E-state index in [9.17, 15) is 48.3 Å². The summed E-state index contributed by atoms with van der Waals surface area (Å²) in [4.78, 5) is 43.4. The van der Waals surface area contributed by atoms with Gasteiger partial charge >= 0.3 is 0 Å². The number of phenolic OH excluding ortho intramolecular Hbond substituents is 1. The number of rotatable bonds is 7. The third-order valence-corrected chi connectivity index (χ3v) is 13.4. The van der Waals surface area contributed by atoms with Gasteiger partial charge in [-0.15, -0.1) is 0 Å². The molecule has 3 aliphatic rings. The average Bonchev–Trinajstić information content (AvgIpc) is 3.16. The summed E-state index contributed by atoms with van der Waals surface area (Å²) in [6, 6.07) is 18.1. The number of ketones is 2. The average molecular weight is 828 g/mol. The summed E-state index contributed by atoms with van der Waals surface area (Å²) in [5.41, 5.74) is 2.25. The lowest BCUT2D eigenvalue weighted by Crippen LogP contribution is -2.70. The number of nitrogens with one attached hydrogen (secondary N) is 2. The van der Waals surface area contributed by atoms with Gasteiger partial charge in [-0.05, 0) is 91.7 Å². The monoisotopic (exact) mass is 827 g/mol. The van der Waals surface area contributed by atoms with Crippen LogP contribution in [0.15, 0.2) is 99.5 Å². The summed E-state index contributed by atoms with van der Waals surface area (Å²) >= 11 is 5.48. The van der Waals surface area contributed by atoms with Crippen LogP contribution in [0.2, 0.25) is 0 Å². The van der Waals surface area contributed by atoms with E-state index >= 15 is 0 Å². The number of anilines is 3. The van der Waals surface area contributed by atoms with E-state index in [4.69, 9.17) is 18.0 Å². The molecule has 58 heavy (non-hydrogen) atoms. The smallest absolute Gasteiger partial charge is 0.255 e. The Morgan fingerprint density at radius 1 is 0.914 bits per heavy atom. The summed E-state index contributed by atoms with van der Waals surface area (Å²) in [6.45, 7) is 1.63. The third kappa shape index (κ3) is 6.00. The van der Waals surface area contributed by atoms with Crippen LogP contribution in [0.1, 0.15) is 24.0 Å². The van der Waals surface area contributed by atoms with Crippen molar-refractivity contribution in [2.24, 2.45) is 17.6 Å². The molecular weight excluding hydrogens is 787 g/mol. The molecule has 6 atom stereocenters. The van der Waals surface area contributed by atoms with Crippen LogP contribution in [0.25, 0.3) is 16.5 Å². The zero-order valence-corrected chi connectivity index (χ0v) is 33.5. The lowest BCUT2D eigenvalue weighted by atomic mass is 9.54. The third-order valence-electron chi connectivity index (χ3n) is 11.4. The molecule has 4 aromatic rings. The van der Waals surface area contributed by atoms with Crippen molar-refractivity contribution in [3.8, 4) is 5.75 Å². The van der Waals surface area contributed by atoms with Crippen molar-refractivity contribution in [1.82, 2.24) is 4.90 Å². The zero-order chi connectivity index (χ0) is 42.3. The Morgan fingerprint density at radius 3 is 2.19 bits per heavy atom. The van der Waals surface area contributed by atoms with Crippen LogP contribution in [-0.2, 0) is 24.2 Å². The minimum absolute atomic E-state index is 0.0166. The number of hydrogen-bond donors (Lipinski definition) is 8. The molecule has 1 saturated carbocycles. The molecule has 0 aliphatic heterocycles. The van der Waals surface area contributed by atoms with Gasteiger partial charge in [0.25, 0.3) is 5.91 Å².